The molecule has 18 heavy (non-hydrogen) atoms. The smallest absolute Gasteiger partial charge is 0.153 e. The summed E-state index contributed by atoms with van der Waals surface area (Å²) in [5, 5.41) is 0.480. The topological polar surface area (TPSA) is 58.3 Å². The normalized spacial score (nSPS) is 21.3. The molecule has 0 radical (unpaired) electrons. The van der Waals surface area contributed by atoms with Crippen molar-refractivity contribution in [3.63, 3.8) is 0 Å². The lowest BCUT2D eigenvalue weighted by atomic mass is 10.2. The van der Waals surface area contributed by atoms with Crippen molar-refractivity contribution in [3.05, 3.63) is 11.3 Å². The van der Waals surface area contributed by atoms with Gasteiger partial charge in [0.05, 0.1) is 0 Å². The summed E-state index contributed by atoms with van der Waals surface area (Å²) in [4.78, 5) is 12.9. The van der Waals surface area contributed by atoms with Crippen LogP contribution in [-0.2, 0) is 0 Å². The summed E-state index contributed by atoms with van der Waals surface area (Å²) in [5.41, 5.74) is 5.71. The molecule has 0 amide bonds. The molecule has 1 saturated heterocycles. The molecule has 2 aliphatic rings. The fourth-order valence-corrected chi connectivity index (χ4v) is 2.62. The molecule has 1 aromatic heterocycles. The number of nitrogens with zero attached hydrogens (tertiary/aromatic N) is 4. The first kappa shape index (κ1) is 12.0. The number of aromatic nitrogens is 2. The van der Waals surface area contributed by atoms with Gasteiger partial charge in [-0.2, -0.15) is 0 Å². The largest absolute Gasteiger partial charge is 0.382 e. The Bertz CT molecular complexity index is 426. The first-order valence-electron chi connectivity index (χ1n) is 6.47. The zero-order valence-electron chi connectivity index (χ0n) is 10.3. The molecule has 0 bridgehead atoms. The van der Waals surface area contributed by atoms with E-state index in [9.17, 15) is 0 Å². The minimum atomic E-state index is 0.363. The van der Waals surface area contributed by atoms with Crippen LogP contribution in [0.4, 0.5) is 11.6 Å². The monoisotopic (exact) mass is 267 g/mol. The molecule has 0 atom stereocenters. The maximum absolute atomic E-state index is 6.15. The Morgan fingerprint density at radius 2 is 1.94 bits per heavy atom. The first-order chi connectivity index (χ1) is 8.74. The van der Waals surface area contributed by atoms with Gasteiger partial charge in [-0.05, 0) is 18.8 Å². The van der Waals surface area contributed by atoms with E-state index in [2.05, 4.69) is 19.8 Å². The Morgan fingerprint density at radius 3 is 2.61 bits per heavy atom. The van der Waals surface area contributed by atoms with Crippen LogP contribution in [0.3, 0.4) is 0 Å². The van der Waals surface area contributed by atoms with Crippen molar-refractivity contribution in [2.45, 2.75) is 12.8 Å². The van der Waals surface area contributed by atoms with Gasteiger partial charge in [0.15, 0.2) is 5.82 Å². The Hall–Kier alpha value is -1.07. The molecule has 2 N–H and O–H groups in total. The quantitative estimate of drug-likeness (QED) is 0.893. The van der Waals surface area contributed by atoms with Gasteiger partial charge in [0.1, 0.15) is 17.2 Å². The second-order valence-corrected chi connectivity index (χ2v) is 5.51. The molecule has 0 aromatic carbocycles. The van der Waals surface area contributed by atoms with Crippen molar-refractivity contribution in [1.82, 2.24) is 14.9 Å². The van der Waals surface area contributed by atoms with Gasteiger partial charge in [-0.1, -0.05) is 11.6 Å². The van der Waals surface area contributed by atoms with E-state index in [4.69, 9.17) is 17.3 Å². The maximum Gasteiger partial charge on any atom is 0.153 e. The Balaban J connectivity index is 1.62. The highest BCUT2D eigenvalue weighted by Crippen LogP contribution is 2.31. The van der Waals surface area contributed by atoms with E-state index in [1.165, 1.54) is 25.7 Å². The summed E-state index contributed by atoms with van der Waals surface area (Å²) in [6.45, 7) is 5.34. The third-order valence-corrected chi connectivity index (χ3v) is 4.05. The number of piperazine rings is 1. The number of nitrogen functional groups attached to an aromatic ring is 1. The number of rotatable bonds is 3. The average Bonchev–Trinajstić information content (AvgIpc) is 3.18. The van der Waals surface area contributed by atoms with Crippen LogP contribution < -0.4 is 10.6 Å². The third kappa shape index (κ3) is 2.52. The minimum absolute atomic E-state index is 0.363. The summed E-state index contributed by atoms with van der Waals surface area (Å²) < 4.78 is 0. The molecule has 5 nitrogen and oxygen atoms in total. The Morgan fingerprint density at radius 1 is 1.22 bits per heavy atom. The lowest BCUT2D eigenvalue weighted by Gasteiger charge is -2.35. The van der Waals surface area contributed by atoms with Crippen molar-refractivity contribution in [2.24, 2.45) is 5.92 Å². The summed E-state index contributed by atoms with van der Waals surface area (Å²) in [6.07, 6.45) is 4.30. The van der Waals surface area contributed by atoms with Gasteiger partial charge >= 0.3 is 0 Å². The van der Waals surface area contributed by atoms with Crippen molar-refractivity contribution in [1.29, 1.82) is 0 Å². The molecule has 0 unspecified atom stereocenters. The fraction of sp³-hybridized carbons (Fsp3) is 0.667. The van der Waals surface area contributed by atoms with Crippen LogP contribution in [-0.4, -0.2) is 47.6 Å². The van der Waals surface area contributed by atoms with Crippen molar-refractivity contribution in [2.75, 3.05) is 43.4 Å². The SMILES string of the molecule is Nc1ncnc(N2CCN(CC3CC3)CC2)c1Cl. The van der Waals surface area contributed by atoms with Crippen LogP contribution in [0.1, 0.15) is 12.8 Å². The van der Waals surface area contributed by atoms with Crippen LogP contribution in [0, 0.1) is 5.92 Å². The van der Waals surface area contributed by atoms with Crippen LogP contribution in [0.2, 0.25) is 5.02 Å². The highest BCUT2D eigenvalue weighted by molar-refractivity contribution is 6.35. The average molecular weight is 268 g/mol. The van der Waals surface area contributed by atoms with E-state index in [1.54, 1.807) is 0 Å². The van der Waals surface area contributed by atoms with Crippen LogP contribution in [0.15, 0.2) is 6.33 Å². The molecule has 1 aliphatic carbocycles. The van der Waals surface area contributed by atoms with Crippen LogP contribution in [0.5, 0.6) is 0 Å². The van der Waals surface area contributed by atoms with Crippen LogP contribution in [0.25, 0.3) is 0 Å². The zero-order chi connectivity index (χ0) is 12.5. The molecule has 1 saturated carbocycles. The van der Waals surface area contributed by atoms with Gasteiger partial charge in [0, 0.05) is 32.7 Å². The number of halogens is 1. The maximum atomic E-state index is 6.15. The van der Waals surface area contributed by atoms with Gasteiger partial charge < -0.3 is 10.6 Å². The Kier molecular flexibility index (Phi) is 3.26. The number of hydrogen-bond donors (Lipinski definition) is 1. The molecular weight excluding hydrogens is 250 g/mol. The molecule has 1 aliphatic heterocycles. The number of anilines is 2. The van der Waals surface area contributed by atoms with E-state index in [-0.39, 0.29) is 0 Å². The van der Waals surface area contributed by atoms with E-state index < -0.39 is 0 Å². The van der Waals surface area contributed by atoms with Crippen LogP contribution >= 0.6 is 11.6 Å². The zero-order valence-corrected chi connectivity index (χ0v) is 11.1. The second-order valence-electron chi connectivity index (χ2n) is 5.13. The third-order valence-electron chi connectivity index (χ3n) is 3.68. The highest BCUT2D eigenvalue weighted by Gasteiger charge is 2.27. The molecule has 0 spiro atoms. The highest BCUT2D eigenvalue weighted by atomic mass is 35.5. The standard InChI is InChI=1S/C12H18ClN5/c13-10-11(14)15-8-16-12(10)18-5-3-17(4-6-18)7-9-1-2-9/h8-9H,1-7H2,(H2,14,15,16). The van der Waals surface area contributed by atoms with Gasteiger partial charge in [-0.25, -0.2) is 9.97 Å². The van der Waals surface area contributed by atoms with Gasteiger partial charge in [0.25, 0.3) is 0 Å². The minimum Gasteiger partial charge on any atom is -0.382 e. The molecule has 6 heteroatoms. The summed E-state index contributed by atoms with van der Waals surface area (Å²) in [6, 6.07) is 0. The Labute approximate surface area is 112 Å². The second kappa shape index (κ2) is 4.90. The lowest BCUT2D eigenvalue weighted by molar-refractivity contribution is 0.247. The van der Waals surface area contributed by atoms with Gasteiger partial charge in [-0.3, -0.25) is 4.90 Å². The fourth-order valence-electron chi connectivity index (χ4n) is 2.40. The van der Waals surface area contributed by atoms with Crippen molar-refractivity contribution >= 4 is 23.2 Å². The van der Waals surface area contributed by atoms with E-state index in [0.717, 1.165) is 37.9 Å². The summed E-state index contributed by atoms with van der Waals surface area (Å²) >= 11 is 6.15. The van der Waals surface area contributed by atoms with E-state index >= 15 is 0 Å². The van der Waals surface area contributed by atoms with Gasteiger partial charge in [-0.15, -0.1) is 0 Å². The molecule has 98 valence electrons. The molecule has 2 fully saturated rings. The van der Waals surface area contributed by atoms with Gasteiger partial charge in [0.2, 0.25) is 0 Å². The predicted molar refractivity (Wildman–Crippen MR) is 72.8 cm³/mol. The summed E-state index contributed by atoms with van der Waals surface area (Å²) in [7, 11) is 0. The molecule has 3 rings (SSSR count). The first-order valence-corrected chi connectivity index (χ1v) is 6.85. The molecule has 2 heterocycles. The number of hydrogen-bond acceptors (Lipinski definition) is 5. The summed E-state index contributed by atoms with van der Waals surface area (Å²) in [5.74, 6) is 2.09. The van der Waals surface area contributed by atoms with E-state index in [0.29, 0.717) is 10.8 Å². The lowest BCUT2D eigenvalue weighted by Crippen LogP contribution is -2.47. The molecule has 1 aromatic rings. The number of nitrogens with two attached hydrogens (primary N) is 1. The predicted octanol–water partition coefficient (Wildman–Crippen LogP) is 1.24. The van der Waals surface area contributed by atoms with Crippen molar-refractivity contribution in [3.8, 4) is 0 Å². The molecular formula is C12H18ClN5. The van der Waals surface area contributed by atoms with Crippen molar-refractivity contribution < 1.29 is 0 Å². The van der Waals surface area contributed by atoms with E-state index in [1.807, 2.05) is 0 Å².